The van der Waals surface area contributed by atoms with Gasteiger partial charge in [0.05, 0.1) is 18.8 Å². The Bertz CT molecular complexity index is 485. The highest BCUT2D eigenvalue weighted by Crippen LogP contribution is 2.25. The molecule has 3 nitrogen and oxygen atoms in total. The molecule has 110 valence electrons. The van der Waals surface area contributed by atoms with Crippen LogP contribution in [-0.2, 0) is 11.2 Å². The predicted molar refractivity (Wildman–Crippen MR) is 75.5 cm³/mol. The van der Waals surface area contributed by atoms with Gasteiger partial charge in [-0.3, -0.25) is 4.90 Å². The number of aliphatic hydroxyl groups is 1. The quantitative estimate of drug-likeness (QED) is 0.929. The first kappa shape index (κ1) is 14.3. The van der Waals surface area contributed by atoms with Crippen LogP contribution in [0.1, 0.15) is 18.4 Å². The van der Waals surface area contributed by atoms with Gasteiger partial charge < -0.3 is 9.84 Å². The zero-order valence-corrected chi connectivity index (χ0v) is 12.0. The fourth-order valence-electron chi connectivity index (χ4n) is 3.13. The minimum atomic E-state index is -0.704. The number of morpholine rings is 1. The second kappa shape index (κ2) is 5.98. The third-order valence-corrected chi connectivity index (χ3v) is 4.52. The van der Waals surface area contributed by atoms with Gasteiger partial charge in [-0.1, -0.05) is 11.6 Å². The minimum absolute atomic E-state index is 0.232. The molecule has 0 aliphatic carbocycles. The van der Waals surface area contributed by atoms with Crippen LogP contribution in [0.25, 0.3) is 0 Å². The summed E-state index contributed by atoms with van der Waals surface area (Å²) in [5, 5.41) is 10.8. The lowest BCUT2D eigenvalue weighted by Gasteiger charge is -2.37. The van der Waals surface area contributed by atoms with Crippen LogP contribution < -0.4 is 0 Å². The molecule has 2 aliphatic rings. The van der Waals surface area contributed by atoms with Gasteiger partial charge in [0, 0.05) is 24.0 Å². The molecule has 1 N–H and O–H groups in total. The highest BCUT2D eigenvalue weighted by molar-refractivity contribution is 6.30. The van der Waals surface area contributed by atoms with Gasteiger partial charge in [0.1, 0.15) is 5.82 Å². The van der Waals surface area contributed by atoms with E-state index in [0.29, 0.717) is 23.2 Å². The average Bonchev–Trinajstić information content (AvgIpc) is 2.90. The largest absolute Gasteiger partial charge is 0.390 e. The smallest absolute Gasteiger partial charge is 0.126 e. The zero-order valence-electron chi connectivity index (χ0n) is 11.3. The van der Waals surface area contributed by atoms with Crippen molar-refractivity contribution in [3.63, 3.8) is 0 Å². The fourth-order valence-corrected chi connectivity index (χ4v) is 3.33. The summed E-state index contributed by atoms with van der Waals surface area (Å²) in [6, 6.07) is 4.92. The molecule has 0 saturated carbocycles. The Labute approximate surface area is 123 Å². The molecule has 0 radical (unpaired) electrons. The van der Waals surface area contributed by atoms with Crippen molar-refractivity contribution in [1.82, 2.24) is 4.90 Å². The number of fused-ring (bicyclic) bond motifs is 1. The van der Waals surface area contributed by atoms with Gasteiger partial charge in [-0.05, 0) is 43.1 Å². The number of hydrogen-bond acceptors (Lipinski definition) is 3. The molecular weight excluding hydrogens is 281 g/mol. The van der Waals surface area contributed by atoms with Crippen LogP contribution in [0.5, 0.6) is 0 Å². The Balaban J connectivity index is 1.64. The molecule has 0 aromatic heterocycles. The van der Waals surface area contributed by atoms with Crippen LogP contribution in [-0.4, -0.2) is 48.0 Å². The summed E-state index contributed by atoms with van der Waals surface area (Å²) in [7, 11) is 0. The van der Waals surface area contributed by atoms with Crippen molar-refractivity contribution >= 4 is 11.6 Å². The van der Waals surface area contributed by atoms with E-state index in [4.69, 9.17) is 16.3 Å². The minimum Gasteiger partial charge on any atom is -0.390 e. The van der Waals surface area contributed by atoms with E-state index >= 15 is 0 Å². The predicted octanol–water partition coefficient (Wildman–Crippen LogP) is 2.25. The Morgan fingerprint density at radius 3 is 3.20 bits per heavy atom. The third-order valence-electron chi connectivity index (χ3n) is 4.28. The first-order valence-corrected chi connectivity index (χ1v) is 7.49. The van der Waals surface area contributed by atoms with Gasteiger partial charge in [0.25, 0.3) is 0 Å². The fraction of sp³-hybridized carbons (Fsp3) is 0.600. The molecule has 0 bridgehead atoms. The molecule has 1 aromatic carbocycles. The summed E-state index contributed by atoms with van der Waals surface area (Å²) in [5.41, 5.74) is 0.442. The van der Waals surface area contributed by atoms with Crippen molar-refractivity contribution in [2.45, 2.75) is 37.5 Å². The highest BCUT2D eigenvalue weighted by atomic mass is 35.5. The summed E-state index contributed by atoms with van der Waals surface area (Å²) in [5.74, 6) is -0.330. The highest BCUT2D eigenvalue weighted by Gasteiger charge is 2.35. The van der Waals surface area contributed by atoms with E-state index in [2.05, 4.69) is 4.90 Å². The van der Waals surface area contributed by atoms with Crippen LogP contribution in [0.3, 0.4) is 0 Å². The standard InChI is InChI=1S/C15H19ClFNO2/c16-11-3-4-13(17)10(6-11)7-14(19)15-8-18-5-1-2-12(18)9-20-15/h3-4,6,12,14-15,19H,1-2,5,7-9H2. The van der Waals surface area contributed by atoms with E-state index in [1.54, 1.807) is 6.07 Å². The van der Waals surface area contributed by atoms with Gasteiger partial charge in [0.15, 0.2) is 0 Å². The van der Waals surface area contributed by atoms with Gasteiger partial charge in [-0.25, -0.2) is 4.39 Å². The van der Waals surface area contributed by atoms with Crippen LogP contribution in [0.15, 0.2) is 18.2 Å². The van der Waals surface area contributed by atoms with Gasteiger partial charge in [0.2, 0.25) is 0 Å². The molecule has 0 spiro atoms. The maximum atomic E-state index is 13.7. The molecule has 1 aromatic rings. The van der Waals surface area contributed by atoms with Crippen molar-refractivity contribution in [2.24, 2.45) is 0 Å². The summed E-state index contributed by atoms with van der Waals surface area (Å²) >= 11 is 5.87. The van der Waals surface area contributed by atoms with Crippen LogP contribution in [0, 0.1) is 5.82 Å². The average molecular weight is 300 g/mol. The van der Waals surface area contributed by atoms with Crippen molar-refractivity contribution in [1.29, 1.82) is 0 Å². The first-order chi connectivity index (χ1) is 9.63. The van der Waals surface area contributed by atoms with E-state index in [1.165, 1.54) is 25.0 Å². The number of benzene rings is 1. The van der Waals surface area contributed by atoms with Crippen molar-refractivity contribution in [3.8, 4) is 0 Å². The van der Waals surface area contributed by atoms with E-state index in [1.807, 2.05) is 0 Å². The lowest BCUT2D eigenvalue weighted by atomic mass is 10.0. The molecule has 20 heavy (non-hydrogen) atoms. The van der Waals surface area contributed by atoms with Gasteiger partial charge in [-0.2, -0.15) is 0 Å². The Morgan fingerprint density at radius 2 is 2.35 bits per heavy atom. The van der Waals surface area contributed by atoms with Crippen LogP contribution >= 0.6 is 11.6 Å². The van der Waals surface area contributed by atoms with E-state index in [0.717, 1.165) is 13.1 Å². The number of hydrogen-bond donors (Lipinski definition) is 1. The summed E-state index contributed by atoms with van der Waals surface area (Å²) in [6.45, 7) is 2.47. The maximum absolute atomic E-state index is 13.7. The molecule has 3 atom stereocenters. The Kier molecular flexibility index (Phi) is 4.26. The number of aliphatic hydroxyl groups excluding tert-OH is 1. The molecule has 2 saturated heterocycles. The molecule has 2 aliphatic heterocycles. The summed E-state index contributed by atoms with van der Waals surface area (Å²) in [4.78, 5) is 2.37. The second-order valence-corrected chi connectivity index (χ2v) is 6.11. The molecular formula is C15H19ClFNO2. The summed E-state index contributed by atoms with van der Waals surface area (Å²) < 4.78 is 19.4. The third kappa shape index (κ3) is 2.98. The topological polar surface area (TPSA) is 32.7 Å². The van der Waals surface area contributed by atoms with E-state index in [-0.39, 0.29) is 18.3 Å². The maximum Gasteiger partial charge on any atom is 0.126 e. The lowest BCUT2D eigenvalue weighted by Crippen LogP contribution is -2.50. The molecule has 2 heterocycles. The normalized spacial score (nSPS) is 28.4. The lowest BCUT2D eigenvalue weighted by molar-refractivity contribution is -0.101. The monoisotopic (exact) mass is 299 g/mol. The van der Waals surface area contributed by atoms with Crippen molar-refractivity contribution < 1.29 is 14.2 Å². The Hall–Kier alpha value is -0.680. The number of nitrogens with zero attached hydrogens (tertiary/aromatic N) is 1. The first-order valence-electron chi connectivity index (χ1n) is 7.11. The second-order valence-electron chi connectivity index (χ2n) is 5.67. The van der Waals surface area contributed by atoms with Gasteiger partial charge >= 0.3 is 0 Å². The van der Waals surface area contributed by atoms with Crippen molar-refractivity contribution in [3.05, 3.63) is 34.6 Å². The van der Waals surface area contributed by atoms with E-state index < -0.39 is 6.10 Å². The molecule has 0 amide bonds. The molecule has 3 rings (SSSR count). The number of halogens is 2. The summed E-state index contributed by atoms with van der Waals surface area (Å²) in [6.07, 6.45) is 1.65. The Morgan fingerprint density at radius 1 is 1.50 bits per heavy atom. The van der Waals surface area contributed by atoms with Crippen LogP contribution in [0.2, 0.25) is 5.02 Å². The zero-order chi connectivity index (χ0) is 14.1. The SMILES string of the molecule is OC(Cc1cc(Cl)ccc1F)C1CN2CCCC2CO1. The van der Waals surface area contributed by atoms with Crippen LogP contribution in [0.4, 0.5) is 4.39 Å². The van der Waals surface area contributed by atoms with E-state index in [9.17, 15) is 9.50 Å². The molecule has 5 heteroatoms. The number of ether oxygens (including phenoxy) is 1. The van der Waals surface area contributed by atoms with Crippen molar-refractivity contribution in [2.75, 3.05) is 19.7 Å². The number of rotatable bonds is 3. The molecule has 2 fully saturated rings. The van der Waals surface area contributed by atoms with Gasteiger partial charge in [-0.15, -0.1) is 0 Å². The molecule has 3 unspecified atom stereocenters.